The van der Waals surface area contributed by atoms with Crippen molar-refractivity contribution < 1.29 is 9.59 Å². The molecule has 192 valence electrons. The molecule has 2 atom stereocenters. The van der Waals surface area contributed by atoms with Crippen LogP contribution in [0.1, 0.15) is 82.5 Å². The van der Waals surface area contributed by atoms with Gasteiger partial charge in [-0.05, 0) is 88.8 Å². The van der Waals surface area contributed by atoms with Crippen molar-refractivity contribution in [1.29, 1.82) is 5.41 Å². The predicted molar refractivity (Wildman–Crippen MR) is 140 cm³/mol. The minimum atomic E-state index is -0.668. The number of nitrogens with one attached hydrogen (secondary N) is 3. The fraction of sp³-hybridized carbons (Fsp3) is 0.519. The van der Waals surface area contributed by atoms with Crippen molar-refractivity contribution in [2.24, 2.45) is 23.0 Å². The average Bonchev–Trinajstić information content (AvgIpc) is 3.72. The number of pyridine rings is 1. The fourth-order valence-corrected chi connectivity index (χ4v) is 5.19. The van der Waals surface area contributed by atoms with E-state index in [0.29, 0.717) is 40.0 Å². The molecule has 9 nitrogen and oxygen atoms in total. The number of allylic oxidation sites excluding steroid dienone is 2. The van der Waals surface area contributed by atoms with E-state index >= 15 is 0 Å². The van der Waals surface area contributed by atoms with Gasteiger partial charge in [0.05, 0.1) is 17.6 Å². The lowest BCUT2D eigenvalue weighted by molar-refractivity contribution is -0.120. The number of carbonyl (C=O) groups is 2. The quantitative estimate of drug-likeness (QED) is 0.370. The molecule has 36 heavy (non-hydrogen) atoms. The fourth-order valence-electron chi connectivity index (χ4n) is 5.19. The number of aromatic nitrogens is 3. The minimum Gasteiger partial charge on any atom is -0.402 e. The lowest BCUT2D eigenvalue weighted by Gasteiger charge is -2.32. The van der Waals surface area contributed by atoms with Gasteiger partial charge < -0.3 is 21.8 Å². The number of hydrogen-bond donors (Lipinski definition) is 4. The van der Waals surface area contributed by atoms with Gasteiger partial charge in [0.15, 0.2) is 0 Å². The molecular weight excluding hydrogens is 454 g/mol. The molecule has 1 unspecified atom stereocenters. The zero-order valence-electron chi connectivity index (χ0n) is 21.8. The molecule has 2 aliphatic rings. The van der Waals surface area contributed by atoms with Crippen LogP contribution in [0.25, 0.3) is 5.57 Å². The zero-order chi connectivity index (χ0) is 26.2. The molecule has 2 aromatic rings. The third kappa shape index (κ3) is 5.34. The molecule has 0 aliphatic heterocycles. The molecule has 2 amide bonds. The van der Waals surface area contributed by atoms with Crippen LogP contribution >= 0.6 is 0 Å². The molecule has 0 spiro atoms. The van der Waals surface area contributed by atoms with E-state index in [9.17, 15) is 9.59 Å². The highest BCUT2D eigenvalue weighted by molar-refractivity contribution is 6.21. The molecule has 9 heteroatoms. The second-order valence-electron chi connectivity index (χ2n) is 10.8. The van der Waals surface area contributed by atoms with E-state index < -0.39 is 6.04 Å². The predicted octanol–water partition coefficient (Wildman–Crippen LogP) is 4.15. The van der Waals surface area contributed by atoms with Crippen LogP contribution in [0.5, 0.6) is 0 Å². The van der Waals surface area contributed by atoms with Crippen molar-refractivity contribution in [3.8, 4) is 0 Å². The maximum Gasteiger partial charge on any atom is 0.270 e. The summed E-state index contributed by atoms with van der Waals surface area (Å²) in [7, 11) is 0. The Morgan fingerprint density at radius 2 is 1.89 bits per heavy atom. The van der Waals surface area contributed by atoms with E-state index in [4.69, 9.17) is 11.1 Å². The van der Waals surface area contributed by atoms with Crippen LogP contribution in [0.4, 0.5) is 5.69 Å². The van der Waals surface area contributed by atoms with Gasteiger partial charge in [0.25, 0.3) is 5.91 Å². The van der Waals surface area contributed by atoms with Gasteiger partial charge in [-0.15, -0.1) is 0 Å². The van der Waals surface area contributed by atoms with Gasteiger partial charge in [-0.25, -0.2) is 0 Å². The lowest BCUT2D eigenvalue weighted by Crippen LogP contribution is -2.51. The Bertz CT molecular complexity index is 1180. The number of rotatable bonds is 10. The number of nitrogens with two attached hydrogens (primary N) is 1. The van der Waals surface area contributed by atoms with Crippen LogP contribution in [-0.2, 0) is 4.79 Å². The van der Waals surface area contributed by atoms with Crippen molar-refractivity contribution in [3.05, 3.63) is 47.7 Å². The Morgan fingerprint density at radius 3 is 2.39 bits per heavy atom. The largest absolute Gasteiger partial charge is 0.402 e. The normalized spacial score (nSPS) is 18.7. The first-order valence-corrected chi connectivity index (χ1v) is 12.7. The standard InChI is InChI=1S/C27H37N7O2/c1-15(2)34-21(10-13-31-34)25(35)33-24(23(18-6-7-18)27(5)11-12-27)26(36)32-19-8-9-20(30-14-19)22(16(3)28)17(4)29/h8-10,13-15,18,23-24,28H,6-7,11-12,29H2,1-5H3,(H,32,36)(H,33,35)/b22-17+,28-16?/t23?,24-/m0/s1. The van der Waals surface area contributed by atoms with Gasteiger partial charge >= 0.3 is 0 Å². The Kier molecular flexibility index (Phi) is 7.02. The highest BCUT2D eigenvalue weighted by Gasteiger charge is 2.55. The van der Waals surface area contributed by atoms with E-state index in [1.165, 1.54) is 0 Å². The molecule has 0 saturated heterocycles. The molecule has 2 saturated carbocycles. The topological polar surface area (TPSA) is 139 Å². The summed E-state index contributed by atoms with van der Waals surface area (Å²) in [5.74, 6) is -0.0362. The summed E-state index contributed by atoms with van der Waals surface area (Å²) in [5, 5.41) is 18.3. The van der Waals surface area contributed by atoms with Gasteiger partial charge in [0, 0.05) is 29.2 Å². The first-order valence-electron chi connectivity index (χ1n) is 12.7. The molecule has 4 rings (SSSR count). The second-order valence-corrected chi connectivity index (χ2v) is 10.8. The molecule has 2 fully saturated rings. The van der Waals surface area contributed by atoms with Crippen LogP contribution < -0.4 is 16.4 Å². The zero-order valence-corrected chi connectivity index (χ0v) is 21.8. The number of amides is 2. The van der Waals surface area contributed by atoms with Crippen molar-refractivity contribution in [2.75, 3.05) is 5.32 Å². The first-order chi connectivity index (χ1) is 17.0. The molecular formula is C27H37N7O2. The summed E-state index contributed by atoms with van der Waals surface area (Å²) < 4.78 is 1.67. The second kappa shape index (κ2) is 9.87. The van der Waals surface area contributed by atoms with E-state index in [-0.39, 0.29) is 29.2 Å². The average molecular weight is 492 g/mol. The third-order valence-corrected chi connectivity index (χ3v) is 7.35. The number of hydrogen-bond acceptors (Lipinski definition) is 6. The SMILES string of the molecule is CC(=N)/C(=C(/C)N)c1ccc(NC(=O)[C@@H](NC(=O)c2ccnn2C(C)C)C(C2CC2)C2(C)CC2)cn1. The molecule has 0 aromatic carbocycles. The van der Waals surface area contributed by atoms with Gasteiger partial charge in [0.2, 0.25) is 5.91 Å². The summed E-state index contributed by atoms with van der Waals surface area (Å²) >= 11 is 0. The number of nitrogens with zero attached hydrogens (tertiary/aromatic N) is 3. The van der Waals surface area contributed by atoms with Crippen LogP contribution in [0.15, 0.2) is 36.3 Å². The molecule has 2 heterocycles. The van der Waals surface area contributed by atoms with Gasteiger partial charge in [-0.3, -0.25) is 19.3 Å². The Hall–Kier alpha value is -3.49. The van der Waals surface area contributed by atoms with Crippen LogP contribution in [0, 0.1) is 22.7 Å². The molecule has 2 aromatic heterocycles. The maximum atomic E-state index is 13.7. The van der Waals surface area contributed by atoms with Crippen molar-refractivity contribution in [1.82, 2.24) is 20.1 Å². The Morgan fingerprint density at radius 1 is 1.19 bits per heavy atom. The van der Waals surface area contributed by atoms with E-state index in [0.717, 1.165) is 25.7 Å². The summed E-state index contributed by atoms with van der Waals surface area (Å²) in [6, 6.07) is 4.54. The summed E-state index contributed by atoms with van der Waals surface area (Å²) in [4.78, 5) is 31.4. The molecule has 2 aliphatic carbocycles. The smallest absolute Gasteiger partial charge is 0.270 e. The first kappa shape index (κ1) is 25.6. The van der Waals surface area contributed by atoms with Crippen molar-refractivity contribution in [3.63, 3.8) is 0 Å². The summed E-state index contributed by atoms with van der Waals surface area (Å²) in [6.45, 7) is 9.56. The van der Waals surface area contributed by atoms with Gasteiger partial charge in [0.1, 0.15) is 11.7 Å². The van der Waals surface area contributed by atoms with E-state index in [2.05, 4.69) is 27.6 Å². The van der Waals surface area contributed by atoms with Crippen LogP contribution in [0.2, 0.25) is 0 Å². The minimum absolute atomic E-state index is 0.0264. The van der Waals surface area contributed by atoms with Gasteiger partial charge in [-0.2, -0.15) is 5.10 Å². The van der Waals surface area contributed by atoms with E-state index in [1.54, 1.807) is 49.1 Å². The van der Waals surface area contributed by atoms with Crippen molar-refractivity contribution >= 4 is 28.8 Å². The van der Waals surface area contributed by atoms with Crippen molar-refractivity contribution in [2.45, 2.75) is 72.4 Å². The summed E-state index contributed by atoms with van der Waals surface area (Å²) in [6.07, 6.45) is 7.46. The molecule has 5 N–H and O–H groups in total. The molecule has 0 bridgehead atoms. The van der Waals surface area contributed by atoms with Gasteiger partial charge in [-0.1, -0.05) is 6.92 Å². The van der Waals surface area contributed by atoms with Crippen LogP contribution in [0.3, 0.4) is 0 Å². The monoisotopic (exact) mass is 491 g/mol. The Balaban J connectivity index is 1.58. The highest BCUT2D eigenvalue weighted by Crippen LogP contribution is 2.60. The summed E-state index contributed by atoms with van der Waals surface area (Å²) in [5.41, 5.74) is 8.97. The lowest BCUT2D eigenvalue weighted by atomic mass is 9.80. The molecule has 0 radical (unpaired) electrons. The third-order valence-electron chi connectivity index (χ3n) is 7.35. The van der Waals surface area contributed by atoms with Crippen LogP contribution in [-0.4, -0.2) is 38.3 Å². The number of carbonyl (C=O) groups excluding carboxylic acids is 2. The Labute approximate surface area is 212 Å². The maximum absolute atomic E-state index is 13.7. The van der Waals surface area contributed by atoms with E-state index in [1.807, 2.05) is 13.8 Å². The number of anilines is 1. The highest BCUT2D eigenvalue weighted by atomic mass is 16.2.